The van der Waals surface area contributed by atoms with Crippen LogP contribution >= 0.6 is 0 Å². The number of aromatic nitrogens is 1. The van der Waals surface area contributed by atoms with Crippen LogP contribution in [0.2, 0.25) is 0 Å². The molecule has 0 aliphatic rings. The molecule has 0 saturated carbocycles. The van der Waals surface area contributed by atoms with Crippen molar-refractivity contribution in [2.75, 3.05) is 11.5 Å². The highest BCUT2D eigenvalue weighted by Gasteiger charge is 2.08. The number of nitrogens with zero attached hydrogens (tertiary/aromatic N) is 4. The number of fused-ring (bicyclic) bond motifs is 2. The average molecular weight is 250 g/mol. The SMILES string of the molecule is [N-]=[N+]=Nc1c2ccc(N)cc2nc2cc(N)ccc12. The Hall–Kier alpha value is -2.98. The van der Waals surface area contributed by atoms with Gasteiger partial charge in [-0.1, -0.05) is 17.2 Å². The number of benzene rings is 2. The molecule has 0 aliphatic carbocycles. The van der Waals surface area contributed by atoms with E-state index in [2.05, 4.69) is 15.0 Å². The Morgan fingerprint density at radius 2 is 1.47 bits per heavy atom. The predicted octanol–water partition coefficient (Wildman–Crippen LogP) is 3.49. The summed E-state index contributed by atoms with van der Waals surface area (Å²) >= 11 is 0. The van der Waals surface area contributed by atoms with Crippen molar-refractivity contribution in [3.05, 3.63) is 46.8 Å². The molecule has 0 saturated heterocycles. The standard InChI is InChI=1S/C13H10N6/c14-7-1-3-9-11(5-7)17-12-6-8(15)2-4-10(12)13(9)18-19-16/h1-6H,14-15H2. The van der Waals surface area contributed by atoms with Gasteiger partial charge in [-0.3, -0.25) is 0 Å². The molecule has 1 aromatic heterocycles. The van der Waals surface area contributed by atoms with Crippen molar-refractivity contribution in [1.82, 2.24) is 4.98 Å². The maximum atomic E-state index is 8.74. The lowest BCUT2D eigenvalue weighted by Crippen LogP contribution is -1.90. The summed E-state index contributed by atoms with van der Waals surface area (Å²) in [4.78, 5) is 7.38. The molecule has 0 atom stereocenters. The number of nitrogens with two attached hydrogens (primary N) is 2. The van der Waals surface area contributed by atoms with Gasteiger partial charge in [0.1, 0.15) is 0 Å². The van der Waals surface area contributed by atoms with Gasteiger partial charge < -0.3 is 11.5 Å². The van der Waals surface area contributed by atoms with E-state index in [9.17, 15) is 0 Å². The van der Waals surface area contributed by atoms with Gasteiger partial charge in [0.25, 0.3) is 0 Å². The number of hydrogen-bond donors (Lipinski definition) is 2. The maximum Gasteiger partial charge on any atom is 0.0734 e. The van der Waals surface area contributed by atoms with Crippen LogP contribution in [0.4, 0.5) is 17.1 Å². The third-order valence-electron chi connectivity index (χ3n) is 2.94. The van der Waals surface area contributed by atoms with Crippen molar-refractivity contribution in [2.45, 2.75) is 0 Å². The van der Waals surface area contributed by atoms with Gasteiger partial charge in [-0.25, -0.2) is 4.98 Å². The van der Waals surface area contributed by atoms with Crippen LogP contribution in [0.15, 0.2) is 41.5 Å². The fourth-order valence-corrected chi connectivity index (χ4v) is 2.11. The monoisotopic (exact) mass is 250 g/mol. The van der Waals surface area contributed by atoms with Gasteiger partial charge in [0.15, 0.2) is 0 Å². The lowest BCUT2D eigenvalue weighted by Gasteiger charge is -2.07. The van der Waals surface area contributed by atoms with E-state index in [0.717, 1.165) is 10.8 Å². The second kappa shape index (κ2) is 4.04. The minimum atomic E-state index is 0.544. The molecule has 3 aromatic rings. The van der Waals surface area contributed by atoms with Crippen molar-refractivity contribution < 1.29 is 0 Å². The summed E-state index contributed by atoms with van der Waals surface area (Å²) in [5.41, 5.74) is 23.4. The highest BCUT2D eigenvalue weighted by atomic mass is 15.1. The van der Waals surface area contributed by atoms with Crippen molar-refractivity contribution in [2.24, 2.45) is 5.11 Å². The van der Waals surface area contributed by atoms with Crippen molar-refractivity contribution in [3.8, 4) is 0 Å². The molecule has 1 heterocycles. The first-order valence-corrected chi connectivity index (χ1v) is 5.62. The number of azide groups is 1. The van der Waals surface area contributed by atoms with E-state index in [-0.39, 0.29) is 0 Å². The van der Waals surface area contributed by atoms with Crippen LogP contribution in [0.1, 0.15) is 0 Å². The minimum absolute atomic E-state index is 0.544. The van der Waals surface area contributed by atoms with E-state index in [4.69, 9.17) is 17.0 Å². The molecular weight excluding hydrogens is 240 g/mol. The Balaban J connectivity index is 2.56. The summed E-state index contributed by atoms with van der Waals surface area (Å²) in [6, 6.07) is 10.6. The highest BCUT2D eigenvalue weighted by molar-refractivity contribution is 6.07. The van der Waals surface area contributed by atoms with Crippen molar-refractivity contribution in [3.63, 3.8) is 0 Å². The fraction of sp³-hybridized carbons (Fsp3) is 0. The Bertz CT molecular complexity index is 788. The predicted molar refractivity (Wildman–Crippen MR) is 76.9 cm³/mol. The Labute approximate surface area is 108 Å². The zero-order valence-corrected chi connectivity index (χ0v) is 9.91. The summed E-state index contributed by atoms with van der Waals surface area (Å²) in [5, 5.41) is 5.32. The highest BCUT2D eigenvalue weighted by Crippen LogP contribution is 2.34. The summed E-state index contributed by atoms with van der Waals surface area (Å²) in [6.45, 7) is 0. The number of hydrogen-bond acceptors (Lipinski definition) is 4. The molecule has 19 heavy (non-hydrogen) atoms. The second-order valence-corrected chi connectivity index (χ2v) is 4.20. The first-order valence-electron chi connectivity index (χ1n) is 5.62. The topological polar surface area (TPSA) is 114 Å². The lowest BCUT2D eigenvalue weighted by atomic mass is 10.1. The van der Waals surface area contributed by atoms with Gasteiger partial charge in [0.05, 0.1) is 16.7 Å². The average Bonchev–Trinajstić information content (AvgIpc) is 2.37. The normalized spacial score (nSPS) is 10.5. The maximum absolute atomic E-state index is 8.74. The van der Waals surface area contributed by atoms with Crippen LogP contribution in [0.3, 0.4) is 0 Å². The summed E-state index contributed by atoms with van der Waals surface area (Å²) in [6.07, 6.45) is 0. The van der Waals surface area contributed by atoms with E-state index < -0.39 is 0 Å². The molecule has 0 fully saturated rings. The molecule has 0 spiro atoms. The van der Waals surface area contributed by atoms with Gasteiger partial charge in [-0.15, -0.1) is 0 Å². The van der Waals surface area contributed by atoms with Crippen LogP contribution in [-0.4, -0.2) is 4.98 Å². The summed E-state index contributed by atoms with van der Waals surface area (Å²) in [5.74, 6) is 0. The van der Waals surface area contributed by atoms with E-state index in [1.807, 2.05) is 0 Å². The van der Waals surface area contributed by atoms with E-state index >= 15 is 0 Å². The Kier molecular flexibility index (Phi) is 2.37. The minimum Gasteiger partial charge on any atom is -0.399 e. The quantitative estimate of drug-likeness (QED) is 0.226. The van der Waals surface area contributed by atoms with Crippen molar-refractivity contribution in [1.29, 1.82) is 0 Å². The first kappa shape index (κ1) is 11.1. The molecule has 0 amide bonds. The van der Waals surface area contributed by atoms with Crippen LogP contribution < -0.4 is 11.5 Å². The van der Waals surface area contributed by atoms with Gasteiger partial charge in [-0.05, 0) is 29.8 Å². The third-order valence-corrected chi connectivity index (χ3v) is 2.94. The smallest absolute Gasteiger partial charge is 0.0734 e. The molecular formula is C13H10N6. The summed E-state index contributed by atoms with van der Waals surface area (Å²) < 4.78 is 0. The van der Waals surface area contributed by atoms with Gasteiger partial charge in [-0.2, -0.15) is 0 Å². The van der Waals surface area contributed by atoms with Crippen LogP contribution in [0.25, 0.3) is 32.2 Å². The molecule has 92 valence electrons. The van der Waals surface area contributed by atoms with E-state index in [1.54, 1.807) is 36.4 Å². The molecule has 0 aliphatic heterocycles. The van der Waals surface area contributed by atoms with E-state index in [0.29, 0.717) is 28.1 Å². The molecule has 4 N–H and O–H groups in total. The third kappa shape index (κ3) is 1.76. The van der Waals surface area contributed by atoms with Gasteiger partial charge in [0, 0.05) is 27.1 Å². The summed E-state index contributed by atoms with van der Waals surface area (Å²) in [7, 11) is 0. The lowest BCUT2D eigenvalue weighted by molar-refractivity contribution is 1.46. The number of rotatable bonds is 1. The zero-order chi connectivity index (χ0) is 13.4. The van der Waals surface area contributed by atoms with Gasteiger partial charge in [0.2, 0.25) is 0 Å². The van der Waals surface area contributed by atoms with E-state index in [1.165, 1.54) is 0 Å². The number of anilines is 2. The fourth-order valence-electron chi connectivity index (χ4n) is 2.11. The Morgan fingerprint density at radius 1 is 0.947 bits per heavy atom. The molecule has 3 rings (SSSR count). The molecule has 6 nitrogen and oxygen atoms in total. The van der Waals surface area contributed by atoms with Crippen LogP contribution in [0.5, 0.6) is 0 Å². The largest absolute Gasteiger partial charge is 0.399 e. The van der Waals surface area contributed by atoms with Crippen LogP contribution in [0, 0.1) is 0 Å². The molecule has 2 aromatic carbocycles. The number of nitrogen functional groups attached to an aromatic ring is 2. The molecule has 6 heteroatoms. The second-order valence-electron chi connectivity index (χ2n) is 4.20. The molecule has 0 radical (unpaired) electrons. The number of pyridine rings is 1. The van der Waals surface area contributed by atoms with Crippen LogP contribution in [-0.2, 0) is 0 Å². The Morgan fingerprint density at radius 3 is 1.95 bits per heavy atom. The van der Waals surface area contributed by atoms with Crippen molar-refractivity contribution >= 4 is 38.9 Å². The first-order chi connectivity index (χ1) is 9.19. The van der Waals surface area contributed by atoms with Gasteiger partial charge >= 0.3 is 0 Å². The zero-order valence-electron chi connectivity index (χ0n) is 9.91. The molecule has 0 unspecified atom stereocenters. The molecule has 0 bridgehead atoms.